The zero-order valence-corrected chi connectivity index (χ0v) is 14.7. The highest BCUT2D eigenvalue weighted by atomic mass is 32.1. The number of hydrogen-bond donors (Lipinski definition) is 1. The molecule has 0 aliphatic heterocycles. The van der Waals surface area contributed by atoms with E-state index in [9.17, 15) is 9.18 Å². The molecule has 0 radical (unpaired) electrons. The van der Waals surface area contributed by atoms with Crippen LogP contribution in [0.2, 0.25) is 0 Å². The van der Waals surface area contributed by atoms with Gasteiger partial charge in [-0.3, -0.25) is 9.78 Å². The van der Waals surface area contributed by atoms with Crippen molar-refractivity contribution in [3.8, 4) is 11.5 Å². The van der Waals surface area contributed by atoms with Gasteiger partial charge in [-0.2, -0.15) is 0 Å². The van der Waals surface area contributed by atoms with E-state index in [2.05, 4.69) is 10.3 Å². The smallest absolute Gasteiger partial charge is 0.252 e. The van der Waals surface area contributed by atoms with E-state index in [0.717, 1.165) is 9.75 Å². The van der Waals surface area contributed by atoms with Gasteiger partial charge in [0.1, 0.15) is 5.75 Å². The molecule has 4 nitrogen and oxygen atoms in total. The lowest BCUT2D eigenvalue weighted by Gasteiger charge is -2.09. The average Bonchev–Trinajstić information content (AvgIpc) is 2.94. The Bertz CT molecular complexity index is 894. The van der Waals surface area contributed by atoms with Crippen molar-refractivity contribution in [3.63, 3.8) is 0 Å². The van der Waals surface area contributed by atoms with Crippen molar-refractivity contribution in [1.82, 2.24) is 10.3 Å². The summed E-state index contributed by atoms with van der Waals surface area (Å²) < 4.78 is 19.6. The van der Waals surface area contributed by atoms with Crippen molar-refractivity contribution < 1.29 is 13.9 Å². The Morgan fingerprint density at radius 2 is 2.12 bits per heavy atom. The second-order valence-electron chi connectivity index (χ2n) is 5.57. The molecule has 2 heterocycles. The van der Waals surface area contributed by atoms with Crippen LogP contribution >= 0.6 is 11.3 Å². The summed E-state index contributed by atoms with van der Waals surface area (Å²) in [7, 11) is 0. The summed E-state index contributed by atoms with van der Waals surface area (Å²) in [5.41, 5.74) is 1.33. The summed E-state index contributed by atoms with van der Waals surface area (Å²) in [6.45, 7) is 4.12. The lowest BCUT2D eigenvalue weighted by Crippen LogP contribution is -2.23. The molecular weight excluding hydrogens is 339 g/mol. The van der Waals surface area contributed by atoms with Crippen LogP contribution in [-0.2, 0) is 6.54 Å². The Kier molecular flexibility index (Phi) is 5.09. The molecule has 1 N–H and O–H groups in total. The van der Waals surface area contributed by atoms with Crippen LogP contribution in [0, 0.1) is 19.7 Å². The molecule has 1 aromatic carbocycles. The number of carbonyl (C=O) groups excluding carboxylic acids is 1. The first kappa shape index (κ1) is 17.1. The van der Waals surface area contributed by atoms with E-state index in [1.54, 1.807) is 41.8 Å². The summed E-state index contributed by atoms with van der Waals surface area (Å²) in [6.07, 6.45) is 3.13. The number of nitrogens with zero attached hydrogens (tertiary/aromatic N) is 1. The molecule has 0 aliphatic carbocycles. The summed E-state index contributed by atoms with van der Waals surface area (Å²) in [6, 6.07) is 9.90. The SMILES string of the molecule is Cc1cc(C(=O)NCc2ccc(Oc3cccnc3)c(F)c2)c(C)s1. The van der Waals surface area contributed by atoms with E-state index in [1.807, 2.05) is 19.9 Å². The van der Waals surface area contributed by atoms with Gasteiger partial charge in [-0.1, -0.05) is 6.07 Å². The average molecular weight is 356 g/mol. The predicted octanol–water partition coefficient (Wildman–Crippen LogP) is 4.62. The topological polar surface area (TPSA) is 51.2 Å². The van der Waals surface area contributed by atoms with Gasteiger partial charge in [0.05, 0.1) is 11.8 Å². The molecular formula is C19H17FN2O2S. The standard InChI is InChI=1S/C19H17FN2O2S/c1-12-8-16(13(2)25-12)19(23)22-10-14-5-6-18(17(20)9-14)24-15-4-3-7-21-11-15/h3-9,11H,10H2,1-2H3,(H,22,23). The number of nitrogens with one attached hydrogen (secondary N) is 1. The third kappa shape index (κ3) is 4.22. The van der Waals surface area contributed by atoms with Crippen molar-refractivity contribution in [2.24, 2.45) is 0 Å². The molecule has 0 aliphatic rings. The van der Waals surface area contributed by atoms with Crippen LogP contribution in [0.4, 0.5) is 4.39 Å². The van der Waals surface area contributed by atoms with Crippen molar-refractivity contribution >= 4 is 17.2 Å². The van der Waals surface area contributed by atoms with Crippen LogP contribution in [0.5, 0.6) is 11.5 Å². The van der Waals surface area contributed by atoms with Crippen molar-refractivity contribution in [2.45, 2.75) is 20.4 Å². The summed E-state index contributed by atoms with van der Waals surface area (Å²) in [5.74, 6) is -0.0609. The maximum Gasteiger partial charge on any atom is 0.252 e. The lowest BCUT2D eigenvalue weighted by atomic mass is 10.2. The Morgan fingerprint density at radius 3 is 2.76 bits per heavy atom. The first-order valence-electron chi connectivity index (χ1n) is 7.74. The molecule has 128 valence electrons. The fraction of sp³-hybridized carbons (Fsp3) is 0.158. The number of rotatable bonds is 5. The van der Waals surface area contributed by atoms with E-state index in [1.165, 1.54) is 12.3 Å². The largest absolute Gasteiger partial charge is 0.453 e. The predicted molar refractivity (Wildman–Crippen MR) is 95.7 cm³/mol. The van der Waals surface area contributed by atoms with Crippen molar-refractivity contribution in [2.75, 3.05) is 0 Å². The first-order valence-corrected chi connectivity index (χ1v) is 8.56. The van der Waals surface area contributed by atoms with Gasteiger partial charge >= 0.3 is 0 Å². The molecule has 0 spiro atoms. The highest BCUT2D eigenvalue weighted by Gasteiger charge is 2.12. The van der Waals surface area contributed by atoms with Crippen molar-refractivity contribution in [3.05, 3.63) is 75.5 Å². The molecule has 6 heteroatoms. The van der Waals surface area contributed by atoms with Gasteiger partial charge < -0.3 is 10.1 Å². The molecule has 3 aromatic rings. The molecule has 3 rings (SSSR count). The van der Waals surface area contributed by atoms with Gasteiger partial charge in [0.25, 0.3) is 5.91 Å². The zero-order valence-electron chi connectivity index (χ0n) is 13.9. The number of halogens is 1. The minimum absolute atomic E-state index is 0.118. The number of carbonyl (C=O) groups is 1. The van der Waals surface area contributed by atoms with Gasteiger partial charge in [-0.05, 0) is 49.7 Å². The van der Waals surface area contributed by atoms with Gasteiger partial charge in [0, 0.05) is 22.5 Å². The molecule has 0 bridgehead atoms. The number of aryl methyl sites for hydroxylation is 2. The highest BCUT2D eigenvalue weighted by molar-refractivity contribution is 7.12. The number of ether oxygens (including phenoxy) is 1. The summed E-state index contributed by atoms with van der Waals surface area (Å²) in [4.78, 5) is 18.2. The first-order chi connectivity index (χ1) is 12.0. The third-order valence-electron chi connectivity index (χ3n) is 3.60. The summed E-state index contributed by atoms with van der Waals surface area (Å²) in [5, 5.41) is 2.82. The minimum atomic E-state index is -0.488. The number of aromatic nitrogens is 1. The minimum Gasteiger partial charge on any atom is -0.453 e. The number of amides is 1. The normalized spacial score (nSPS) is 10.5. The van der Waals surface area contributed by atoms with Crippen LogP contribution in [-0.4, -0.2) is 10.9 Å². The van der Waals surface area contributed by atoms with Crippen LogP contribution < -0.4 is 10.1 Å². The highest BCUT2D eigenvalue weighted by Crippen LogP contribution is 2.25. The van der Waals surface area contributed by atoms with E-state index in [-0.39, 0.29) is 18.2 Å². The molecule has 0 fully saturated rings. The Labute approximate surface area is 149 Å². The third-order valence-corrected chi connectivity index (χ3v) is 4.56. The molecule has 2 aromatic heterocycles. The fourth-order valence-electron chi connectivity index (χ4n) is 2.41. The number of thiophene rings is 1. The van der Waals surface area contributed by atoms with E-state index in [0.29, 0.717) is 16.9 Å². The van der Waals surface area contributed by atoms with Gasteiger partial charge in [0.2, 0.25) is 0 Å². The van der Waals surface area contributed by atoms with Crippen LogP contribution in [0.15, 0.2) is 48.8 Å². The molecule has 0 atom stereocenters. The van der Waals surface area contributed by atoms with Gasteiger partial charge in [-0.25, -0.2) is 4.39 Å². The fourth-order valence-corrected chi connectivity index (χ4v) is 3.33. The second-order valence-corrected chi connectivity index (χ2v) is 7.03. The van der Waals surface area contributed by atoms with Crippen LogP contribution in [0.3, 0.4) is 0 Å². The molecule has 25 heavy (non-hydrogen) atoms. The lowest BCUT2D eigenvalue weighted by molar-refractivity contribution is 0.0950. The zero-order chi connectivity index (χ0) is 17.8. The van der Waals surface area contributed by atoms with Crippen molar-refractivity contribution in [1.29, 1.82) is 0 Å². The number of pyridine rings is 1. The van der Waals surface area contributed by atoms with E-state index >= 15 is 0 Å². The number of hydrogen-bond acceptors (Lipinski definition) is 4. The Morgan fingerprint density at radius 1 is 1.28 bits per heavy atom. The Hall–Kier alpha value is -2.73. The van der Waals surface area contributed by atoms with Crippen LogP contribution in [0.1, 0.15) is 25.7 Å². The van der Waals surface area contributed by atoms with E-state index in [4.69, 9.17) is 4.74 Å². The van der Waals surface area contributed by atoms with Crippen LogP contribution in [0.25, 0.3) is 0 Å². The van der Waals surface area contributed by atoms with Gasteiger partial charge in [-0.15, -0.1) is 11.3 Å². The van der Waals surface area contributed by atoms with E-state index < -0.39 is 5.82 Å². The maximum atomic E-state index is 14.2. The molecule has 0 unspecified atom stereocenters. The molecule has 1 amide bonds. The second kappa shape index (κ2) is 7.44. The quantitative estimate of drug-likeness (QED) is 0.726. The maximum absolute atomic E-state index is 14.2. The molecule has 0 saturated heterocycles. The number of benzene rings is 1. The Balaban J connectivity index is 1.65. The monoisotopic (exact) mass is 356 g/mol. The molecule has 0 saturated carbocycles. The summed E-state index contributed by atoms with van der Waals surface area (Å²) >= 11 is 1.58. The van der Waals surface area contributed by atoms with Gasteiger partial charge in [0.15, 0.2) is 11.6 Å².